The van der Waals surface area contributed by atoms with Gasteiger partial charge in [0.15, 0.2) is 5.75 Å². The van der Waals surface area contributed by atoms with Gasteiger partial charge in [0.1, 0.15) is 17.8 Å². The summed E-state index contributed by atoms with van der Waals surface area (Å²) in [5.74, 6) is 0.673. The highest BCUT2D eigenvalue weighted by atomic mass is 19.3. The Bertz CT molecular complexity index is 541. The quantitative estimate of drug-likeness (QED) is 0.857. The molecule has 0 bridgehead atoms. The molecule has 4 nitrogen and oxygen atoms in total. The van der Waals surface area contributed by atoms with E-state index in [1.54, 1.807) is 19.1 Å². The first-order chi connectivity index (χ1) is 9.60. The lowest BCUT2D eigenvalue weighted by molar-refractivity contribution is -0.0499. The van der Waals surface area contributed by atoms with E-state index >= 15 is 0 Å². The molecular formula is C14H19F2N3O. The van der Waals surface area contributed by atoms with Gasteiger partial charge in [0.05, 0.1) is 0 Å². The van der Waals surface area contributed by atoms with E-state index in [9.17, 15) is 8.78 Å². The summed E-state index contributed by atoms with van der Waals surface area (Å²) in [6, 6.07) is 5.15. The number of ether oxygens (including phenoxy) is 1. The summed E-state index contributed by atoms with van der Waals surface area (Å²) < 4.78 is 30.7. The summed E-state index contributed by atoms with van der Waals surface area (Å²) in [6.07, 6.45) is 2.21. The molecule has 2 rings (SSSR count). The van der Waals surface area contributed by atoms with E-state index in [-0.39, 0.29) is 5.75 Å². The number of aromatic nitrogens is 3. The monoisotopic (exact) mass is 283 g/mol. The van der Waals surface area contributed by atoms with Crippen LogP contribution in [0.1, 0.15) is 32.2 Å². The highest BCUT2D eigenvalue weighted by Crippen LogP contribution is 2.25. The molecule has 20 heavy (non-hydrogen) atoms. The largest absolute Gasteiger partial charge is 0.433 e. The van der Waals surface area contributed by atoms with Gasteiger partial charge >= 0.3 is 6.61 Å². The summed E-state index contributed by atoms with van der Waals surface area (Å²) in [7, 11) is 0. The number of aryl methyl sites for hydroxylation is 2. The molecule has 0 aliphatic rings. The van der Waals surface area contributed by atoms with Crippen LogP contribution in [0.3, 0.4) is 0 Å². The number of hydrogen-bond acceptors (Lipinski definition) is 3. The third-order valence-electron chi connectivity index (χ3n) is 2.50. The van der Waals surface area contributed by atoms with Crippen molar-refractivity contribution in [3.05, 3.63) is 35.9 Å². The molecule has 0 spiro atoms. The molecule has 110 valence electrons. The van der Waals surface area contributed by atoms with Crippen molar-refractivity contribution in [1.82, 2.24) is 14.8 Å². The Labute approximate surface area is 117 Å². The Balaban J connectivity index is 0.000000956. The van der Waals surface area contributed by atoms with Gasteiger partial charge in [-0.15, -0.1) is 0 Å². The van der Waals surface area contributed by atoms with Crippen LogP contribution in [0, 0.1) is 6.92 Å². The Morgan fingerprint density at radius 3 is 2.50 bits per heavy atom. The van der Waals surface area contributed by atoms with Crippen molar-refractivity contribution in [3.8, 4) is 11.4 Å². The molecule has 0 atom stereocenters. The lowest BCUT2D eigenvalue weighted by atomic mass is 10.1. The third-order valence-corrected chi connectivity index (χ3v) is 2.50. The summed E-state index contributed by atoms with van der Waals surface area (Å²) >= 11 is 0. The molecule has 1 heterocycles. The maximum absolute atomic E-state index is 12.4. The first-order valence-corrected chi connectivity index (χ1v) is 6.56. The maximum atomic E-state index is 12.4. The molecule has 6 heteroatoms. The Morgan fingerprint density at radius 2 is 2.00 bits per heavy atom. The predicted octanol–water partition coefficient (Wildman–Crippen LogP) is 3.77. The summed E-state index contributed by atoms with van der Waals surface area (Å²) in [5, 5.41) is 4.09. The maximum Gasteiger partial charge on any atom is 0.387 e. The third kappa shape index (κ3) is 4.01. The van der Waals surface area contributed by atoms with E-state index in [0.717, 1.165) is 12.0 Å². The van der Waals surface area contributed by atoms with Gasteiger partial charge in [0, 0.05) is 0 Å². The fourth-order valence-corrected chi connectivity index (χ4v) is 1.62. The minimum atomic E-state index is -2.86. The molecule has 2 aromatic rings. The second-order valence-electron chi connectivity index (χ2n) is 3.77. The van der Waals surface area contributed by atoms with E-state index in [0.29, 0.717) is 11.5 Å². The van der Waals surface area contributed by atoms with Crippen LogP contribution < -0.4 is 4.74 Å². The van der Waals surface area contributed by atoms with Crippen molar-refractivity contribution in [2.24, 2.45) is 0 Å². The van der Waals surface area contributed by atoms with Gasteiger partial charge in [0.25, 0.3) is 0 Å². The highest BCUT2D eigenvalue weighted by molar-refractivity contribution is 5.48. The molecular weight excluding hydrogens is 264 g/mol. The fourth-order valence-electron chi connectivity index (χ4n) is 1.62. The van der Waals surface area contributed by atoms with Crippen molar-refractivity contribution < 1.29 is 13.5 Å². The standard InChI is InChI=1S/C12H13F2N3O.C2H6/c1-3-9-4-5-10(11(6-9)18-12(13)14)17-7-15-8(2)16-17;1-2/h4-7,12H,3H2,1-2H3;1-2H3. The molecule has 0 radical (unpaired) electrons. The zero-order chi connectivity index (χ0) is 15.1. The lowest BCUT2D eigenvalue weighted by Crippen LogP contribution is -2.07. The van der Waals surface area contributed by atoms with Gasteiger partial charge in [-0.1, -0.05) is 26.8 Å². The second kappa shape index (κ2) is 7.57. The molecule has 0 fully saturated rings. The fraction of sp³-hybridized carbons (Fsp3) is 0.429. The zero-order valence-electron chi connectivity index (χ0n) is 12.1. The molecule has 0 N–H and O–H groups in total. The van der Waals surface area contributed by atoms with Gasteiger partial charge in [-0.3, -0.25) is 0 Å². The van der Waals surface area contributed by atoms with Crippen LogP contribution in [-0.2, 0) is 6.42 Å². The smallest absolute Gasteiger partial charge is 0.387 e. The van der Waals surface area contributed by atoms with Gasteiger partial charge in [0.2, 0.25) is 0 Å². The van der Waals surface area contributed by atoms with E-state index in [4.69, 9.17) is 0 Å². The van der Waals surface area contributed by atoms with Gasteiger partial charge in [-0.2, -0.15) is 13.9 Å². The first kappa shape index (κ1) is 16.1. The lowest BCUT2D eigenvalue weighted by Gasteiger charge is -2.11. The number of halogens is 2. The van der Waals surface area contributed by atoms with Crippen molar-refractivity contribution >= 4 is 0 Å². The second-order valence-corrected chi connectivity index (χ2v) is 3.77. The van der Waals surface area contributed by atoms with Crippen molar-refractivity contribution in [2.45, 2.75) is 40.7 Å². The Morgan fingerprint density at radius 1 is 1.30 bits per heavy atom. The van der Waals surface area contributed by atoms with E-state index in [1.807, 2.05) is 26.8 Å². The van der Waals surface area contributed by atoms with Crippen LogP contribution in [0.15, 0.2) is 24.5 Å². The molecule has 0 unspecified atom stereocenters. The SMILES string of the molecule is CC.CCc1ccc(-n2cnc(C)n2)c(OC(F)F)c1. The Hall–Kier alpha value is -1.98. The molecule has 0 saturated carbocycles. The van der Waals surface area contributed by atoms with Crippen molar-refractivity contribution in [2.75, 3.05) is 0 Å². The first-order valence-electron chi connectivity index (χ1n) is 6.56. The van der Waals surface area contributed by atoms with Crippen LogP contribution >= 0.6 is 0 Å². The van der Waals surface area contributed by atoms with E-state index in [1.165, 1.54) is 11.0 Å². The van der Waals surface area contributed by atoms with Crippen molar-refractivity contribution in [1.29, 1.82) is 0 Å². The topological polar surface area (TPSA) is 39.9 Å². The van der Waals surface area contributed by atoms with Crippen LogP contribution in [0.5, 0.6) is 5.75 Å². The average Bonchev–Trinajstić information content (AvgIpc) is 2.86. The molecule has 1 aromatic carbocycles. The van der Waals surface area contributed by atoms with Crippen LogP contribution in [0.25, 0.3) is 5.69 Å². The normalized spacial score (nSPS) is 10.2. The number of rotatable bonds is 4. The van der Waals surface area contributed by atoms with E-state index < -0.39 is 6.61 Å². The van der Waals surface area contributed by atoms with Crippen LogP contribution in [0.2, 0.25) is 0 Å². The molecule has 0 amide bonds. The number of hydrogen-bond donors (Lipinski definition) is 0. The van der Waals surface area contributed by atoms with Gasteiger partial charge in [-0.25, -0.2) is 9.67 Å². The predicted molar refractivity (Wildman–Crippen MR) is 73.5 cm³/mol. The summed E-state index contributed by atoms with van der Waals surface area (Å²) in [5.41, 5.74) is 1.37. The van der Waals surface area contributed by atoms with Gasteiger partial charge < -0.3 is 4.74 Å². The Kier molecular flexibility index (Phi) is 6.09. The minimum absolute atomic E-state index is 0.106. The van der Waals surface area contributed by atoms with Gasteiger partial charge in [-0.05, 0) is 31.0 Å². The number of alkyl halides is 2. The molecule has 0 aliphatic heterocycles. The number of benzene rings is 1. The molecule has 1 aromatic heterocycles. The molecule has 0 aliphatic carbocycles. The van der Waals surface area contributed by atoms with E-state index in [2.05, 4.69) is 14.8 Å². The number of nitrogens with zero attached hydrogens (tertiary/aromatic N) is 3. The average molecular weight is 283 g/mol. The molecule has 0 saturated heterocycles. The van der Waals surface area contributed by atoms with Crippen LogP contribution in [-0.4, -0.2) is 21.4 Å². The zero-order valence-corrected chi connectivity index (χ0v) is 12.1. The van der Waals surface area contributed by atoms with Crippen LogP contribution in [0.4, 0.5) is 8.78 Å². The summed E-state index contributed by atoms with van der Waals surface area (Å²) in [4.78, 5) is 3.96. The summed E-state index contributed by atoms with van der Waals surface area (Å²) in [6.45, 7) is 4.81. The highest BCUT2D eigenvalue weighted by Gasteiger charge is 2.12. The van der Waals surface area contributed by atoms with Crippen molar-refractivity contribution in [3.63, 3.8) is 0 Å². The minimum Gasteiger partial charge on any atom is -0.433 e.